The highest BCUT2D eigenvalue weighted by Gasteiger charge is 2.42. The first-order chi connectivity index (χ1) is 7.33. The number of methoxy groups -OCH3 is 1. The first-order valence-electron chi connectivity index (χ1n) is 5.43. The van der Waals surface area contributed by atoms with E-state index in [1.54, 1.807) is 7.11 Å². The van der Waals surface area contributed by atoms with E-state index in [2.05, 4.69) is 5.32 Å². The van der Waals surface area contributed by atoms with Crippen LogP contribution in [0.5, 0.6) is 11.5 Å². The Morgan fingerprint density at radius 1 is 1.40 bits per heavy atom. The van der Waals surface area contributed by atoms with Crippen molar-refractivity contribution >= 4 is 5.69 Å². The van der Waals surface area contributed by atoms with Crippen molar-refractivity contribution in [3.8, 4) is 11.5 Å². The first-order valence-corrected chi connectivity index (χ1v) is 5.43. The maximum atomic E-state index is 6.06. The standard InChI is InChI=1S/C12H15NO2/c1-14-9-4-2-5-10-11(9)13-8-12(15-10)6-3-7-12/h2,4-5,13H,3,6-8H2,1H3. The number of anilines is 1. The molecule has 0 radical (unpaired) electrons. The van der Waals surface area contributed by atoms with Gasteiger partial charge in [-0.3, -0.25) is 0 Å². The van der Waals surface area contributed by atoms with Gasteiger partial charge in [0.05, 0.1) is 13.7 Å². The largest absolute Gasteiger partial charge is 0.494 e. The van der Waals surface area contributed by atoms with Gasteiger partial charge in [0.25, 0.3) is 0 Å². The zero-order chi connectivity index (χ0) is 10.3. The number of fused-ring (bicyclic) bond motifs is 1. The fourth-order valence-electron chi connectivity index (χ4n) is 2.31. The van der Waals surface area contributed by atoms with Crippen LogP contribution in [-0.2, 0) is 0 Å². The van der Waals surface area contributed by atoms with Crippen LogP contribution in [0.2, 0.25) is 0 Å². The van der Waals surface area contributed by atoms with Gasteiger partial charge < -0.3 is 14.8 Å². The average Bonchev–Trinajstić information content (AvgIpc) is 2.25. The lowest BCUT2D eigenvalue weighted by Gasteiger charge is -2.45. The summed E-state index contributed by atoms with van der Waals surface area (Å²) in [6, 6.07) is 5.93. The van der Waals surface area contributed by atoms with E-state index in [4.69, 9.17) is 9.47 Å². The van der Waals surface area contributed by atoms with Crippen LogP contribution in [0.25, 0.3) is 0 Å². The van der Waals surface area contributed by atoms with Crippen LogP contribution in [0.1, 0.15) is 19.3 Å². The molecule has 3 nitrogen and oxygen atoms in total. The lowest BCUT2D eigenvalue weighted by molar-refractivity contribution is -0.0000604. The second-order valence-electron chi connectivity index (χ2n) is 4.33. The van der Waals surface area contributed by atoms with Gasteiger partial charge >= 0.3 is 0 Å². The van der Waals surface area contributed by atoms with Crippen LogP contribution < -0.4 is 14.8 Å². The predicted octanol–water partition coefficient (Wildman–Crippen LogP) is 2.42. The molecular formula is C12H15NO2. The maximum absolute atomic E-state index is 6.06. The third-order valence-electron chi connectivity index (χ3n) is 3.39. The number of benzene rings is 1. The molecule has 2 aliphatic rings. The van der Waals surface area contributed by atoms with E-state index in [1.807, 2.05) is 18.2 Å². The maximum Gasteiger partial charge on any atom is 0.147 e. The molecule has 80 valence electrons. The highest BCUT2D eigenvalue weighted by atomic mass is 16.5. The highest BCUT2D eigenvalue weighted by molar-refractivity contribution is 5.67. The van der Waals surface area contributed by atoms with Gasteiger partial charge in [0.2, 0.25) is 0 Å². The Hall–Kier alpha value is -1.38. The number of ether oxygens (including phenoxy) is 2. The molecule has 1 aliphatic heterocycles. The Balaban J connectivity index is 1.96. The smallest absolute Gasteiger partial charge is 0.147 e. The number of hydrogen-bond acceptors (Lipinski definition) is 3. The van der Waals surface area contributed by atoms with Crippen LogP contribution in [0.15, 0.2) is 18.2 Å². The molecule has 1 spiro atoms. The number of nitrogens with one attached hydrogen (secondary N) is 1. The van der Waals surface area contributed by atoms with E-state index in [9.17, 15) is 0 Å². The fraction of sp³-hybridized carbons (Fsp3) is 0.500. The molecule has 0 aromatic heterocycles. The molecule has 1 aliphatic carbocycles. The van der Waals surface area contributed by atoms with E-state index >= 15 is 0 Å². The molecule has 0 atom stereocenters. The Kier molecular flexibility index (Phi) is 1.81. The second kappa shape index (κ2) is 3.05. The molecule has 0 bridgehead atoms. The molecule has 15 heavy (non-hydrogen) atoms. The van der Waals surface area contributed by atoms with Crippen LogP contribution >= 0.6 is 0 Å². The summed E-state index contributed by atoms with van der Waals surface area (Å²) in [6.45, 7) is 0.903. The van der Waals surface area contributed by atoms with Gasteiger partial charge in [-0.1, -0.05) is 6.07 Å². The number of hydrogen-bond donors (Lipinski definition) is 1. The summed E-state index contributed by atoms with van der Waals surface area (Å²) in [4.78, 5) is 0. The molecule has 1 N–H and O–H groups in total. The second-order valence-corrected chi connectivity index (χ2v) is 4.33. The van der Waals surface area contributed by atoms with Crippen LogP contribution in [0, 0.1) is 0 Å². The molecule has 1 heterocycles. The van der Waals surface area contributed by atoms with Crippen molar-refractivity contribution in [2.24, 2.45) is 0 Å². The van der Waals surface area contributed by atoms with Gasteiger partial charge in [-0.15, -0.1) is 0 Å². The van der Waals surface area contributed by atoms with Crippen molar-refractivity contribution in [2.75, 3.05) is 19.0 Å². The molecule has 0 unspecified atom stereocenters. The van der Waals surface area contributed by atoms with Crippen molar-refractivity contribution in [3.63, 3.8) is 0 Å². The van der Waals surface area contributed by atoms with Gasteiger partial charge in [-0.05, 0) is 31.4 Å². The third kappa shape index (κ3) is 1.26. The van der Waals surface area contributed by atoms with Gasteiger partial charge in [0.1, 0.15) is 22.8 Å². The van der Waals surface area contributed by atoms with Crippen molar-refractivity contribution in [2.45, 2.75) is 24.9 Å². The normalized spacial score (nSPS) is 20.9. The number of para-hydroxylation sites is 1. The molecule has 0 saturated heterocycles. The van der Waals surface area contributed by atoms with Gasteiger partial charge in [-0.25, -0.2) is 0 Å². The lowest BCUT2D eigenvalue weighted by Crippen LogP contribution is -2.51. The van der Waals surface area contributed by atoms with E-state index in [-0.39, 0.29) is 5.60 Å². The van der Waals surface area contributed by atoms with Gasteiger partial charge in [0.15, 0.2) is 0 Å². The minimum atomic E-state index is 0.0688. The third-order valence-corrected chi connectivity index (χ3v) is 3.39. The van der Waals surface area contributed by atoms with Crippen LogP contribution in [0.3, 0.4) is 0 Å². The Labute approximate surface area is 89.4 Å². The fourth-order valence-corrected chi connectivity index (χ4v) is 2.31. The summed E-state index contributed by atoms with van der Waals surface area (Å²) >= 11 is 0. The Morgan fingerprint density at radius 2 is 2.27 bits per heavy atom. The zero-order valence-electron chi connectivity index (χ0n) is 8.88. The highest BCUT2D eigenvalue weighted by Crippen LogP contribution is 2.45. The van der Waals surface area contributed by atoms with Crippen LogP contribution in [0.4, 0.5) is 5.69 Å². The molecule has 0 amide bonds. The molecule has 1 saturated carbocycles. The van der Waals surface area contributed by atoms with E-state index in [1.165, 1.54) is 6.42 Å². The molecule has 1 aromatic carbocycles. The quantitative estimate of drug-likeness (QED) is 0.763. The SMILES string of the molecule is COc1cccc2c1NCC1(CCC1)O2. The van der Waals surface area contributed by atoms with Crippen LogP contribution in [-0.4, -0.2) is 19.3 Å². The minimum absolute atomic E-state index is 0.0688. The van der Waals surface area contributed by atoms with Crippen molar-refractivity contribution in [1.29, 1.82) is 0 Å². The zero-order valence-corrected chi connectivity index (χ0v) is 8.88. The molecule has 3 rings (SSSR count). The summed E-state index contributed by atoms with van der Waals surface area (Å²) < 4.78 is 11.3. The number of rotatable bonds is 1. The summed E-state index contributed by atoms with van der Waals surface area (Å²) in [7, 11) is 1.69. The van der Waals surface area contributed by atoms with E-state index in [0.29, 0.717) is 0 Å². The predicted molar refractivity (Wildman–Crippen MR) is 58.7 cm³/mol. The average molecular weight is 205 g/mol. The Bertz CT molecular complexity index is 385. The summed E-state index contributed by atoms with van der Waals surface area (Å²) in [6.07, 6.45) is 3.61. The first kappa shape index (κ1) is 8.89. The van der Waals surface area contributed by atoms with Crippen molar-refractivity contribution in [1.82, 2.24) is 0 Å². The van der Waals surface area contributed by atoms with Gasteiger partial charge in [0, 0.05) is 0 Å². The van der Waals surface area contributed by atoms with Crippen molar-refractivity contribution in [3.05, 3.63) is 18.2 Å². The summed E-state index contributed by atoms with van der Waals surface area (Å²) in [5.74, 6) is 1.79. The Morgan fingerprint density at radius 3 is 2.93 bits per heavy atom. The van der Waals surface area contributed by atoms with E-state index < -0.39 is 0 Å². The monoisotopic (exact) mass is 205 g/mol. The summed E-state index contributed by atoms with van der Waals surface area (Å²) in [5.41, 5.74) is 1.07. The summed E-state index contributed by atoms with van der Waals surface area (Å²) in [5, 5.41) is 3.42. The lowest BCUT2D eigenvalue weighted by atomic mass is 9.79. The molecule has 1 fully saturated rings. The molecule has 3 heteroatoms. The molecular weight excluding hydrogens is 190 g/mol. The topological polar surface area (TPSA) is 30.5 Å². The van der Waals surface area contributed by atoms with E-state index in [0.717, 1.165) is 36.6 Å². The minimum Gasteiger partial charge on any atom is -0.494 e. The van der Waals surface area contributed by atoms with Gasteiger partial charge in [-0.2, -0.15) is 0 Å². The van der Waals surface area contributed by atoms with Crippen molar-refractivity contribution < 1.29 is 9.47 Å². The molecule has 1 aromatic rings.